The molecule has 1 N–H and O–H groups in total. The van der Waals surface area contributed by atoms with Gasteiger partial charge in [-0.05, 0) is 44.9 Å². The van der Waals surface area contributed by atoms with Gasteiger partial charge in [0.05, 0.1) is 28.9 Å². The summed E-state index contributed by atoms with van der Waals surface area (Å²) in [6.07, 6.45) is 2.36. The molecule has 1 fully saturated rings. The number of hydrogen-bond donors (Lipinski definition) is 1. The average Bonchev–Trinajstić information content (AvgIpc) is 3.37. The molecule has 4 rings (SSSR count). The monoisotopic (exact) mass is 456 g/mol. The number of amides is 1. The van der Waals surface area contributed by atoms with Crippen molar-refractivity contribution in [2.45, 2.75) is 39.2 Å². The number of nitrogens with one attached hydrogen (secondary N) is 1. The van der Waals surface area contributed by atoms with Gasteiger partial charge in [0.1, 0.15) is 12.4 Å². The van der Waals surface area contributed by atoms with Crippen LogP contribution in [0.25, 0.3) is 11.3 Å². The molecule has 162 valence electrons. The molecule has 2 aromatic carbocycles. The van der Waals surface area contributed by atoms with Crippen LogP contribution in [0.5, 0.6) is 5.75 Å². The van der Waals surface area contributed by atoms with Crippen molar-refractivity contribution in [3.8, 4) is 17.0 Å². The Morgan fingerprint density at radius 3 is 2.81 bits per heavy atom. The highest BCUT2D eigenvalue weighted by molar-refractivity contribution is 7.12. The van der Waals surface area contributed by atoms with E-state index in [1.165, 1.54) is 5.56 Å². The Balaban J connectivity index is 1.48. The number of ether oxygens (including phenoxy) is 2. The Labute approximate surface area is 191 Å². The van der Waals surface area contributed by atoms with Crippen LogP contribution in [0.3, 0.4) is 0 Å². The van der Waals surface area contributed by atoms with E-state index >= 15 is 0 Å². The zero-order chi connectivity index (χ0) is 21.8. The first-order valence-corrected chi connectivity index (χ1v) is 11.5. The van der Waals surface area contributed by atoms with Crippen molar-refractivity contribution in [2.24, 2.45) is 0 Å². The predicted octanol–water partition coefficient (Wildman–Crippen LogP) is 5.82. The summed E-state index contributed by atoms with van der Waals surface area (Å²) in [5, 5.41) is 4.43. The van der Waals surface area contributed by atoms with Crippen LogP contribution in [0, 0.1) is 13.8 Å². The fraction of sp³-hybridized carbons (Fsp3) is 0.333. The zero-order valence-corrected chi connectivity index (χ0v) is 19.2. The number of thiazole rings is 1. The molecule has 1 aliphatic heterocycles. The molecule has 1 aliphatic rings. The van der Waals surface area contributed by atoms with Crippen LogP contribution in [0.15, 0.2) is 42.5 Å². The van der Waals surface area contributed by atoms with Crippen LogP contribution in [0.2, 0.25) is 5.02 Å². The third-order valence-electron chi connectivity index (χ3n) is 5.11. The number of hydrogen-bond acceptors (Lipinski definition) is 5. The van der Waals surface area contributed by atoms with Crippen molar-refractivity contribution in [1.29, 1.82) is 0 Å². The first-order chi connectivity index (χ1) is 15.0. The maximum absolute atomic E-state index is 12.9. The summed E-state index contributed by atoms with van der Waals surface area (Å²) < 4.78 is 11.5. The average molecular weight is 457 g/mol. The Morgan fingerprint density at radius 1 is 1.26 bits per heavy atom. The van der Waals surface area contributed by atoms with Crippen molar-refractivity contribution in [1.82, 2.24) is 4.98 Å². The number of nitrogens with zero attached hydrogens (tertiary/aromatic N) is 1. The minimum absolute atomic E-state index is 0.0939. The van der Waals surface area contributed by atoms with Gasteiger partial charge in [0.15, 0.2) is 0 Å². The van der Waals surface area contributed by atoms with E-state index < -0.39 is 0 Å². The molecule has 0 saturated carbocycles. The van der Waals surface area contributed by atoms with E-state index in [9.17, 15) is 4.79 Å². The molecule has 2 heterocycles. The predicted molar refractivity (Wildman–Crippen MR) is 125 cm³/mol. The lowest BCUT2D eigenvalue weighted by Gasteiger charge is -2.15. The van der Waals surface area contributed by atoms with Crippen LogP contribution in [-0.2, 0) is 16.0 Å². The number of anilines is 1. The molecule has 1 aromatic heterocycles. The molecule has 1 amide bonds. The van der Waals surface area contributed by atoms with E-state index in [1.807, 2.05) is 26.0 Å². The first-order valence-electron chi connectivity index (χ1n) is 10.3. The van der Waals surface area contributed by atoms with Crippen LogP contribution in [0.4, 0.5) is 5.69 Å². The normalized spacial score (nSPS) is 15.8. The lowest BCUT2D eigenvalue weighted by molar-refractivity contribution is -0.115. The highest BCUT2D eigenvalue weighted by Crippen LogP contribution is 2.31. The summed E-state index contributed by atoms with van der Waals surface area (Å²) in [7, 11) is 0. The molecule has 31 heavy (non-hydrogen) atoms. The highest BCUT2D eigenvalue weighted by atomic mass is 35.5. The maximum Gasteiger partial charge on any atom is 0.229 e. The molecule has 1 atom stereocenters. The van der Waals surface area contributed by atoms with Gasteiger partial charge >= 0.3 is 0 Å². The summed E-state index contributed by atoms with van der Waals surface area (Å²) in [6, 6.07) is 13.4. The number of carbonyl (C=O) groups is 1. The van der Waals surface area contributed by atoms with E-state index in [0.717, 1.165) is 40.6 Å². The molecule has 0 spiro atoms. The third-order valence-corrected chi connectivity index (χ3v) is 6.32. The summed E-state index contributed by atoms with van der Waals surface area (Å²) in [5.74, 6) is 0.453. The summed E-state index contributed by atoms with van der Waals surface area (Å²) >= 11 is 7.71. The number of aryl methyl sites for hydroxylation is 2. The molecule has 1 unspecified atom stereocenters. The van der Waals surface area contributed by atoms with Gasteiger partial charge in [0.25, 0.3) is 0 Å². The van der Waals surface area contributed by atoms with E-state index in [-0.39, 0.29) is 18.4 Å². The minimum atomic E-state index is -0.138. The fourth-order valence-electron chi connectivity index (χ4n) is 3.55. The van der Waals surface area contributed by atoms with Gasteiger partial charge in [0.2, 0.25) is 5.91 Å². The van der Waals surface area contributed by atoms with Gasteiger partial charge in [0, 0.05) is 22.1 Å². The van der Waals surface area contributed by atoms with Crippen LogP contribution < -0.4 is 10.1 Å². The molecule has 1 saturated heterocycles. The maximum atomic E-state index is 12.9. The first kappa shape index (κ1) is 21.8. The van der Waals surface area contributed by atoms with Gasteiger partial charge in [-0.15, -0.1) is 11.3 Å². The van der Waals surface area contributed by atoms with Gasteiger partial charge < -0.3 is 14.8 Å². The quantitative estimate of drug-likeness (QED) is 0.486. The Hall–Kier alpha value is -2.41. The van der Waals surface area contributed by atoms with Crippen molar-refractivity contribution in [2.75, 3.05) is 18.5 Å². The standard InChI is InChI=1S/C24H25ClN2O3S/c1-15-5-7-17(8-6-15)24-22(31-16(2)26-24)13-23(28)27-20-12-18(25)9-10-21(20)30-14-19-4-3-11-29-19/h5-10,12,19H,3-4,11,13-14H2,1-2H3,(H,27,28). The molecule has 3 aromatic rings. The molecule has 0 radical (unpaired) electrons. The number of aromatic nitrogens is 1. The Morgan fingerprint density at radius 2 is 2.06 bits per heavy atom. The van der Waals surface area contributed by atoms with Gasteiger partial charge in [-0.2, -0.15) is 0 Å². The van der Waals surface area contributed by atoms with E-state index in [1.54, 1.807) is 29.5 Å². The molecule has 7 heteroatoms. The van der Waals surface area contributed by atoms with E-state index in [2.05, 4.69) is 22.4 Å². The van der Waals surface area contributed by atoms with Crippen LogP contribution >= 0.6 is 22.9 Å². The largest absolute Gasteiger partial charge is 0.489 e. The van der Waals surface area contributed by atoms with Crippen LogP contribution in [-0.4, -0.2) is 30.2 Å². The third kappa shape index (κ3) is 5.64. The second-order valence-corrected chi connectivity index (χ2v) is 9.41. The summed E-state index contributed by atoms with van der Waals surface area (Å²) in [4.78, 5) is 18.5. The van der Waals surface area contributed by atoms with Crippen molar-refractivity contribution >= 4 is 34.5 Å². The second-order valence-electron chi connectivity index (χ2n) is 7.68. The second kappa shape index (κ2) is 9.81. The molecular weight excluding hydrogens is 432 g/mol. The van der Waals surface area contributed by atoms with Crippen LogP contribution in [0.1, 0.15) is 28.3 Å². The van der Waals surface area contributed by atoms with Crippen molar-refractivity contribution < 1.29 is 14.3 Å². The van der Waals surface area contributed by atoms with Gasteiger partial charge in [-0.25, -0.2) is 4.98 Å². The Bertz CT molecular complexity index is 1060. The SMILES string of the molecule is Cc1ccc(-c2nc(C)sc2CC(=O)Nc2cc(Cl)ccc2OCC2CCCO2)cc1. The number of carbonyl (C=O) groups excluding carboxylic acids is 1. The molecule has 0 bridgehead atoms. The highest BCUT2D eigenvalue weighted by Gasteiger charge is 2.19. The molecular formula is C24H25ClN2O3S. The lowest BCUT2D eigenvalue weighted by atomic mass is 10.1. The number of benzene rings is 2. The zero-order valence-electron chi connectivity index (χ0n) is 17.6. The van der Waals surface area contributed by atoms with Crippen molar-refractivity contribution in [3.05, 3.63) is 62.9 Å². The van der Waals surface area contributed by atoms with Gasteiger partial charge in [-0.3, -0.25) is 4.79 Å². The smallest absolute Gasteiger partial charge is 0.229 e. The molecule has 5 nitrogen and oxygen atoms in total. The minimum Gasteiger partial charge on any atom is -0.489 e. The number of rotatable bonds is 7. The lowest BCUT2D eigenvalue weighted by Crippen LogP contribution is -2.18. The van der Waals surface area contributed by atoms with Crippen molar-refractivity contribution in [3.63, 3.8) is 0 Å². The summed E-state index contributed by atoms with van der Waals surface area (Å²) in [6.45, 7) is 5.23. The summed E-state index contributed by atoms with van der Waals surface area (Å²) in [5.41, 5.74) is 3.62. The fourth-order valence-corrected chi connectivity index (χ4v) is 4.68. The number of halogens is 1. The van der Waals surface area contributed by atoms with E-state index in [0.29, 0.717) is 23.1 Å². The van der Waals surface area contributed by atoms with E-state index in [4.69, 9.17) is 21.1 Å². The topological polar surface area (TPSA) is 60.5 Å². The Kier molecular flexibility index (Phi) is 6.90. The molecule has 0 aliphatic carbocycles. The van der Waals surface area contributed by atoms with Gasteiger partial charge in [-0.1, -0.05) is 41.4 Å².